The minimum atomic E-state index is 0.752. The van der Waals surface area contributed by atoms with Crippen molar-refractivity contribution in [1.29, 1.82) is 0 Å². The molecule has 0 fully saturated rings. The van der Waals surface area contributed by atoms with E-state index in [1.165, 1.54) is 24.1 Å². The zero-order valence-electron chi connectivity index (χ0n) is 12.5. The molecule has 1 aliphatic carbocycles. The summed E-state index contributed by atoms with van der Waals surface area (Å²) in [7, 11) is 3.98. The van der Waals surface area contributed by atoms with E-state index in [2.05, 4.69) is 51.9 Å². The Morgan fingerprint density at radius 1 is 1.50 bits per heavy atom. The average molecular weight is 291 g/mol. The first-order valence-corrected chi connectivity index (χ1v) is 8.26. The van der Waals surface area contributed by atoms with Gasteiger partial charge in [-0.2, -0.15) is 0 Å². The first-order chi connectivity index (χ1) is 9.79. The Bertz CT molecular complexity index is 437. The molecule has 1 N–H and O–H groups in total. The minimum absolute atomic E-state index is 0.752. The van der Waals surface area contributed by atoms with E-state index in [1.807, 2.05) is 18.4 Å². The first-order valence-electron chi connectivity index (χ1n) is 7.38. The van der Waals surface area contributed by atoms with E-state index in [0.717, 1.165) is 31.4 Å². The maximum atomic E-state index is 4.39. The van der Waals surface area contributed by atoms with E-state index >= 15 is 0 Å². The Kier molecular flexibility index (Phi) is 6.12. The molecule has 4 heteroatoms. The number of likely N-dealkylation sites (N-methyl/N-ethyl adjacent to an activating group) is 1. The highest BCUT2D eigenvalue weighted by atomic mass is 32.1. The summed E-state index contributed by atoms with van der Waals surface area (Å²) in [6.07, 6.45) is 9.39. The van der Waals surface area contributed by atoms with Crippen molar-refractivity contribution in [1.82, 2.24) is 10.2 Å². The van der Waals surface area contributed by atoms with Crippen molar-refractivity contribution in [3.63, 3.8) is 0 Å². The Morgan fingerprint density at radius 2 is 2.40 bits per heavy atom. The van der Waals surface area contributed by atoms with Gasteiger partial charge in [-0.1, -0.05) is 18.2 Å². The van der Waals surface area contributed by atoms with E-state index in [1.54, 1.807) is 0 Å². The summed E-state index contributed by atoms with van der Waals surface area (Å²) in [5.41, 5.74) is 0. The van der Waals surface area contributed by atoms with Crippen LogP contribution in [0, 0.1) is 5.92 Å². The van der Waals surface area contributed by atoms with Crippen LogP contribution in [0.2, 0.25) is 0 Å². The van der Waals surface area contributed by atoms with E-state index in [4.69, 9.17) is 0 Å². The van der Waals surface area contributed by atoms with Gasteiger partial charge >= 0.3 is 0 Å². The van der Waals surface area contributed by atoms with E-state index < -0.39 is 0 Å². The van der Waals surface area contributed by atoms with Crippen LogP contribution in [-0.4, -0.2) is 38.0 Å². The van der Waals surface area contributed by atoms with Crippen LogP contribution in [-0.2, 0) is 6.42 Å². The lowest BCUT2D eigenvalue weighted by Gasteiger charge is -2.25. The van der Waals surface area contributed by atoms with Crippen molar-refractivity contribution in [3.8, 4) is 0 Å². The molecule has 2 rings (SSSR count). The van der Waals surface area contributed by atoms with E-state index in [9.17, 15) is 0 Å². The molecular formula is C16H25N3S. The molecule has 0 aromatic carbocycles. The van der Waals surface area contributed by atoms with Crippen molar-refractivity contribution in [2.24, 2.45) is 10.9 Å². The topological polar surface area (TPSA) is 27.6 Å². The van der Waals surface area contributed by atoms with Gasteiger partial charge in [-0.05, 0) is 43.0 Å². The van der Waals surface area contributed by atoms with Gasteiger partial charge in [0.15, 0.2) is 5.96 Å². The lowest BCUT2D eigenvalue weighted by atomic mass is 9.94. The molecule has 3 nitrogen and oxygen atoms in total. The molecule has 20 heavy (non-hydrogen) atoms. The number of aliphatic imine (C=N–C) groups is 1. The molecular weight excluding hydrogens is 266 g/mol. The second-order valence-corrected chi connectivity index (χ2v) is 6.36. The third kappa shape index (κ3) is 4.67. The summed E-state index contributed by atoms with van der Waals surface area (Å²) in [5, 5.41) is 5.65. The summed E-state index contributed by atoms with van der Waals surface area (Å²) >= 11 is 1.83. The number of hydrogen-bond acceptors (Lipinski definition) is 2. The van der Waals surface area contributed by atoms with Crippen LogP contribution < -0.4 is 5.32 Å². The van der Waals surface area contributed by atoms with Crippen LogP contribution in [0.25, 0.3) is 0 Å². The smallest absolute Gasteiger partial charge is 0.193 e. The van der Waals surface area contributed by atoms with Crippen LogP contribution in [0.3, 0.4) is 0 Å². The maximum Gasteiger partial charge on any atom is 0.193 e. The summed E-state index contributed by atoms with van der Waals surface area (Å²) in [6, 6.07) is 4.31. The highest BCUT2D eigenvalue weighted by molar-refractivity contribution is 7.09. The molecule has 0 bridgehead atoms. The molecule has 1 aliphatic rings. The van der Waals surface area contributed by atoms with Crippen molar-refractivity contribution in [2.45, 2.75) is 25.7 Å². The van der Waals surface area contributed by atoms with Gasteiger partial charge in [0.25, 0.3) is 0 Å². The first kappa shape index (κ1) is 15.1. The van der Waals surface area contributed by atoms with Crippen molar-refractivity contribution in [2.75, 3.05) is 27.2 Å². The average Bonchev–Trinajstić information content (AvgIpc) is 3.00. The summed E-state index contributed by atoms with van der Waals surface area (Å²) < 4.78 is 0. The van der Waals surface area contributed by atoms with Gasteiger partial charge in [0.2, 0.25) is 0 Å². The quantitative estimate of drug-likeness (QED) is 0.513. The molecule has 0 radical (unpaired) electrons. The fourth-order valence-electron chi connectivity index (χ4n) is 2.50. The second kappa shape index (κ2) is 8.10. The molecule has 110 valence electrons. The number of hydrogen-bond donors (Lipinski definition) is 1. The predicted molar refractivity (Wildman–Crippen MR) is 88.5 cm³/mol. The molecule has 1 unspecified atom stereocenters. The number of guanidine groups is 1. The van der Waals surface area contributed by atoms with Gasteiger partial charge in [-0.15, -0.1) is 11.3 Å². The van der Waals surface area contributed by atoms with Gasteiger partial charge in [0.05, 0.1) is 0 Å². The molecule has 1 heterocycles. The van der Waals surface area contributed by atoms with Gasteiger partial charge in [0, 0.05) is 32.1 Å². The van der Waals surface area contributed by atoms with Crippen LogP contribution in [0.15, 0.2) is 34.7 Å². The lowest BCUT2D eigenvalue weighted by molar-refractivity contribution is 0.440. The standard InChI is InChI=1S/C16H25N3S/c1-17-16(18-13-14-7-4-3-5-8-14)19(2)11-10-15-9-6-12-20-15/h3-4,6,9,12,14H,5,7-8,10-11,13H2,1-2H3,(H,17,18). The van der Waals surface area contributed by atoms with Crippen molar-refractivity contribution < 1.29 is 0 Å². The second-order valence-electron chi connectivity index (χ2n) is 5.33. The molecule has 1 aromatic heterocycles. The molecule has 0 amide bonds. The predicted octanol–water partition coefficient (Wildman–Crippen LogP) is 3.15. The lowest BCUT2D eigenvalue weighted by Crippen LogP contribution is -2.42. The van der Waals surface area contributed by atoms with Crippen LogP contribution in [0.5, 0.6) is 0 Å². The Hall–Kier alpha value is -1.29. The Morgan fingerprint density at radius 3 is 3.05 bits per heavy atom. The van der Waals surface area contributed by atoms with Crippen molar-refractivity contribution in [3.05, 3.63) is 34.5 Å². The normalized spacial score (nSPS) is 19.1. The highest BCUT2D eigenvalue weighted by Gasteiger charge is 2.12. The Balaban J connectivity index is 1.74. The SMILES string of the molecule is CN=C(NCC1CC=CCC1)N(C)CCc1cccs1. The number of nitrogens with one attached hydrogen (secondary N) is 1. The monoisotopic (exact) mass is 291 g/mol. The summed E-state index contributed by atoms with van der Waals surface area (Å²) in [4.78, 5) is 8.04. The third-order valence-corrected chi connectivity index (χ3v) is 4.71. The van der Waals surface area contributed by atoms with Crippen LogP contribution in [0.4, 0.5) is 0 Å². The minimum Gasteiger partial charge on any atom is -0.356 e. The van der Waals surface area contributed by atoms with Gasteiger partial charge in [0.1, 0.15) is 0 Å². The van der Waals surface area contributed by atoms with E-state index in [-0.39, 0.29) is 0 Å². The number of nitrogens with zero attached hydrogens (tertiary/aromatic N) is 2. The zero-order valence-corrected chi connectivity index (χ0v) is 13.3. The highest BCUT2D eigenvalue weighted by Crippen LogP contribution is 2.17. The fraction of sp³-hybridized carbons (Fsp3) is 0.562. The van der Waals surface area contributed by atoms with Gasteiger partial charge in [-0.25, -0.2) is 0 Å². The van der Waals surface area contributed by atoms with Crippen molar-refractivity contribution >= 4 is 17.3 Å². The third-order valence-electron chi connectivity index (χ3n) is 3.77. The van der Waals surface area contributed by atoms with Crippen LogP contribution >= 0.6 is 11.3 Å². The molecule has 0 saturated carbocycles. The zero-order chi connectivity index (χ0) is 14.2. The maximum absolute atomic E-state index is 4.39. The fourth-order valence-corrected chi connectivity index (χ4v) is 3.20. The number of rotatable bonds is 5. The van der Waals surface area contributed by atoms with Gasteiger partial charge < -0.3 is 10.2 Å². The van der Waals surface area contributed by atoms with Crippen LogP contribution in [0.1, 0.15) is 24.1 Å². The number of thiophene rings is 1. The molecule has 0 spiro atoms. The van der Waals surface area contributed by atoms with E-state index in [0.29, 0.717) is 0 Å². The molecule has 0 aliphatic heterocycles. The molecule has 0 saturated heterocycles. The molecule has 1 aromatic rings. The Labute approximate surface area is 126 Å². The summed E-state index contributed by atoms with van der Waals surface area (Å²) in [6.45, 7) is 2.03. The largest absolute Gasteiger partial charge is 0.356 e. The summed E-state index contributed by atoms with van der Waals surface area (Å²) in [5.74, 6) is 1.76. The van der Waals surface area contributed by atoms with Gasteiger partial charge in [-0.3, -0.25) is 4.99 Å². The molecule has 1 atom stereocenters. The number of allylic oxidation sites excluding steroid dienone is 2.